The van der Waals surface area contributed by atoms with E-state index in [2.05, 4.69) is 10.2 Å². The van der Waals surface area contributed by atoms with Crippen molar-refractivity contribution in [1.29, 1.82) is 0 Å². The smallest absolute Gasteiger partial charge is 0.263 e. The number of nitrogens with two attached hydrogens (primary N) is 1. The summed E-state index contributed by atoms with van der Waals surface area (Å²) in [5.41, 5.74) is 6.30. The van der Waals surface area contributed by atoms with Crippen LogP contribution in [-0.2, 0) is 11.3 Å². The summed E-state index contributed by atoms with van der Waals surface area (Å²) in [5, 5.41) is 2.82. The van der Waals surface area contributed by atoms with Crippen molar-refractivity contribution in [2.75, 3.05) is 26.2 Å². The lowest BCUT2D eigenvalue weighted by Gasteiger charge is -2.32. The number of hydrogen-bond donors (Lipinski definition) is 2. The highest BCUT2D eigenvalue weighted by Gasteiger charge is 2.25. The Morgan fingerprint density at radius 2 is 2.22 bits per heavy atom. The van der Waals surface area contributed by atoms with Crippen LogP contribution < -0.4 is 11.1 Å². The Morgan fingerprint density at radius 3 is 2.91 bits per heavy atom. The van der Waals surface area contributed by atoms with Gasteiger partial charge < -0.3 is 11.1 Å². The Hall–Kier alpha value is -1.24. The maximum atomic E-state index is 12.7. The standard InChI is InChI=1S/C16H23F2N3O.ClH/c17-15(18)13-4-1-3-12(9-13)10-21-8-2-5-14(11-21)16(22)20-7-6-19;/h1,3-4,9,14-15H,2,5-8,10-11,19H2,(H,20,22);1H. The topological polar surface area (TPSA) is 58.4 Å². The summed E-state index contributed by atoms with van der Waals surface area (Å²) in [5.74, 6) is -0.00457. The van der Waals surface area contributed by atoms with Gasteiger partial charge in [0, 0.05) is 31.7 Å². The van der Waals surface area contributed by atoms with Crippen molar-refractivity contribution in [2.45, 2.75) is 25.8 Å². The Kier molecular flexibility index (Phi) is 8.44. The number of carbonyl (C=O) groups excluding carboxylic acids is 1. The van der Waals surface area contributed by atoms with Crippen LogP contribution in [0.15, 0.2) is 24.3 Å². The minimum absolute atomic E-state index is 0. The van der Waals surface area contributed by atoms with Crippen LogP contribution in [0.5, 0.6) is 0 Å². The zero-order chi connectivity index (χ0) is 15.9. The van der Waals surface area contributed by atoms with Crippen LogP contribution in [-0.4, -0.2) is 37.0 Å². The summed E-state index contributed by atoms with van der Waals surface area (Å²) in [6.45, 7) is 3.07. The summed E-state index contributed by atoms with van der Waals surface area (Å²) >= 11 is 0. The molecule has 1 fully saturated rings. The number of hydrogen-bond acceptors (Lipinski definition) is 3. The summed E-state index contributed by atoms with van der Waals surface area (Å²) in [6.07, 6.45) is -0.643. The van der Waals surface area contributed by atoms with Crippen molar-refractivity contribution in [2.24, 2.45) is 11.7 Å². The third kappa shape index (κ3) is 6.05. The van der Waals surface area contributed by atoms with Crippen LogP contribution in [0.4, 0.5) is 8.78 Å². The molecule has 1 atom stereocenters. The molecule has 0 saturated carbocycles. The number of halogens is 3. The third-order valence-electron chi connectivity index (χ3n) is 3.93. The summed E-state index contributed by atoms with van der Waals surface area (Å²) in [6, 6.07) is 6.49. The lowest BCUT2D eigenvalue weighted by Crippen LogP contribution is -2.43. The Balaban J connectivity index is 0.00000264. The van der Waals surface area contributed by atoms with Crippen molar-refractivity contribution >= 4 is 18.3 Å². The lowest BCUT2D eigenvalue weighted by molar-refractivity contribution is -0.126. The number of benzene rings is 1. The van der Waals surface area contributed by atoms with Gasteiger partial charge in [-0.25, -0.2) is 8.78 Å². The molecule has 23 heavy (non-hydrogen) atoms. The molecule has 2 rings (SSSR count). The molecule has 1 saturated heterocycles. The van der Waals surface area contributed by atoms with Gasteiger partial charge in [-0.15, -0.1) is 12.4 Å². The lowest BCUT2D eigenvalue weighted by atomic mass is 9.96. The average Bonchev–Trinajstić information content (AvgIpc) is 2.53. The Labute approximate surface area is 141 Å². The van der Waals surface area contributed by atoms with Crippen LogP contribution in [0.3, 0.4) is 0 Å². The second-order valence-electron chi connectivity index (χ2n) is 5.70. The van der Waals surface area contributed by atoms with E-state index in [0.717, 1.165) is 24.9 Å². The van der Waals surface area contributed by atoms with Gasteiger partial charge >= 0.3 is 0 Å². The highest BCUT2D eigenvalue weighted by Crippen LogP contribution is 2.22. The second-order valence-corrected chi connectivity index (χ2v) is 5.70. The first-order valence-electron chi connectivity index (χ1n) is 7.67. The number of carbonyl (C=O) groups is 1. The van der Waals surface area contributed by atoms with E-state index in [1.165, 1.54) is 6.07 Å². The number of piperidine rings is 1. The molecule has 130 valence electrons. The normalized spacial score (nSPS) is 18.5. The van der Waals surface area contributed by atoms with E-state index in [-0.39, 0.29) is 29.8 Å². The molecule has 1 aliphatic rings. The monoisotopic (exact) mass is 347 g/mol. The molecule has 0 bridgehead atoms. The molecule has 7 heteroatoms. The zero-order valence-corrected chi connectivity index (χ0v) is 13.8. The number of nitrogens with one attached hydrogen (secondary N) is 1. The van der Waals surface area contributed by atoms with Crippen LogP contribution in [0.25, 0.3) is 0 Å². The van der Waals surface area contributed by atoms with Crippen LogP contribution >= 0.6 is 12.4 Å². The van der Waals surface area contributed by atoms with E-state index in [1.807, 2.05) is 6.07 Å². The molecule has 1 aromatic rings. The zero-order valence-electron chi connectivity index (χ0n) is 13.0. The predicted molar refractivity (Wildman–Crippen MR) is 88.7 cm³/mol. The summed E-state index contributed by atoms with van der Waals surface area (Å²) < 4.78 is 25.5. The van der Waals surface area contributed by atoms with Crippen LogP contribution in [0.1, 0.15) is 30.4 Å². The third-order valence-corrected chi connectivity index (χ3v) is 3.93. The van der Waals surface area contributed by atoms with Crippen molar-refractivity contribution in [3.8, 4) is 0 Å². The molecule has 0 radical (unpaired) electrons. The average molecular weight is 348 g/mol. The molecule has 1 aromatic carbocycles. The number of amides is 1. The van der Waals surface area contributed by atoms with E-state index in [0.29, 0.717) is 26.2 Å². The van der Waals surface area contributed by atoms with E-state index in [9.17, 15) is 13.6 Å². The molecule has 1 unspecified atom stereocenters. The van der Waals surface area contributed by atoms with Gasteiger partial charge in [0.2, 0.25) is 5.91 Å². The Bertz CT molecular complexity index is 502. The molecule has 0 aliphatic carbocycles. The fourth-order valence-corrected chi connectivity index (χ4v) is 2.84. The van der Waals surface area contributed by atoms with E-state index < -0.39 is 6.43 Å². The first kappa shape index (κ1) is 19.8. The number of likely N-dealkylation sites (tertiary alicyclic amines) is 1. The molecule has 0 spiro atoms. The molecule has 1 amide bonds. The quantitative estimate of drug-likeness (QED) is 0.830. The van der Waals surface area contributed by atoms with Gasteiger partial charge in [-0.3, -0.25) is 9.69 Å². The van der Waals surface area contributed by atoms with E-state index in [4.69, 9.17) is 5.73 Å². The van der Waals surface area contributed by atoms with Gasteiger partial charge in [0.05, 0.1) is 5.92 Å². The fraction of sp³-hybridized carbons (Fsp3) is 0.562. The van der Waals surface area contributed by atoms with E-state index in [1.54, 1.807) is 12.1 Å². The molecule has 3 N–H and O–H groups in total. The Morgan fingerprint density at radius 1 is 1.43 bits per heavy atom. The van der Waals surface area contributed by atoms with Gasteiger partial charge in [0.15, 0.2) is 0 Å². The highest BCUT2D eigenvalue weighted by atomic mass is 35.5. The van der Waals surface area contributed by atoms with E-state index >= 15 is 0 Å². The largest absolute Gasteiger partial charge is 0.355 e. The minimum Gasteiger partial charge on any atom is -0.355 e. The highest BCUT2D eigenvalue weighted by molar-refractivity contribution is 5.85. The molecular formula is C16H24ClF2N3O. The van der Waals surface area contributed by atoms with Gasteiger partial charge in [-0.1, -0.05) is 18.2 Å². The van der Waals surface area contributed by atoms with Gasteiger partial charge in [-0.05, 0) is 31.0 Å². The first-order chi connectivity index (χ1) is 10.6. The maximum Gasteiger partial charge on any atom is 0.263 e. The van der Waals surface area contributed by atoms with Crippen molar-refractivity contribution in [3.63, 3.8) is 0 Å². The van der Waals surface area contributed by atoms with Crippen LogP contribution in [0, 0.1) is 5.92 Å². The predicted octanol–water partition coefficient (Wildman–Crippen LogP) is 2.33. The van der Waals surface area contributed by atoms with Crippen molar-refractivity contribution < 1.29 is 13.6 Å². The number of nitrogens with zero attached hydrogens (tertiary/aromatic N) is 1. The molecule has 4 nitrogen and oxygen atoms in total. The number of alkyl halides is 2. The molecule has 0 aromatic heterocycles. The summed E-state index contributed by atoms with van der Waals surface area (Å²) in [7, 11) is 0. The van der Waals surface area contributed by atoms with Crippen LogP contribution in [0.2, 0.25) is 0 Å². The molecular weight excluding hydrogens is 324 g/mol. The minimum atomic E-state index is -2.45. The molecule has 1 heterocycles. The summed E-state index contributed by atoms with van der Waals surface area (Å²) in [4.78, 5) is 14.2. The maximum absolute atomic E-state index is 12.7. The second kappa shape index (κ2) is 9.80. The van der Waals surface area contributed by atoms with Gasteiger partial charge in [0.1, 0.15) is 0 Å². The van der Waals surface area contributed by atoms with Crippen molar-refractivity contribution in [1.82, 2.24) is 10.2 Å². The fourth-order valence-electron chi connectivity index (χ4n) is 2.84. The number of rotatable bonds is 6. The molecule has 1 aliphatic heterocycles. The first-order valence-corrected chi connectivity index (χ1v) is 7.67. The van der Waals surface area contributed by atoms with Gasteiger partial charge in [0.25, 0.3) is 6.43 Å². The van der Waals surface area contributed by atoms with Gasteiger partial charge in [-0.2, -0.15) is 0 Å². The van der Waals surface area contributed by atoms with Crippen molar-refractivity contribution in [3.05, 3.63) is 35.4 Å². The SMILES string of the molecule is Cl.NCCNC(=O)C1CCCN(Cc2cccc(C(F)F)c2)C1.